The monoisotopic (exact) mass is 185 g/mol. The van der Waals surface area contributed by atoms with Gasteiger partial charge in [-0.2, -0.15) is 0 Å². The van der Waals surface area contributed by atoms with Crippen molar-refractivity contribution in [3.05, 3.63) is 0 Å². The smallest absolute Gasteiger partial charge is 0.0235 e. The van der Waals surface area contributed by atoms with Gasteiger partial charge in [-0.25, -0.2) is 0 Å². The molecule has 2 N–H and O–H groups in total. The van der Waals surface area contributed by atoms with Gasteiger partial charge in [-0.15, -0.1) is 0 Å². The van der Waals surface area contributed by atoms with Gasteiger partial charge in [0.25, 0.3) is 0 Å². The predicted octanol–water partition coefficient (Wildman–Crippen LogP) is 0.360. The highest BCUT2D eigenvalue weighted by molar-refractivity contribution is 4.81. The second kappa shape index (κ2) is 4.94. The first-order valence-corrected chi connectivity index (χ1v) is 5.27. The highest BCUT2D eigenvalue weighted by atomic mass is 15.3. The summed E-state index contributed by atoms with van der Waals surface area (Å²) in [5.41, 5.74) is 5.97. The molecule has 78 valence electrons. The van der Waals surface area contributed by atoms with E-state index < -0.39 is 0 Å². The van der Waals surface area contributed by atoms with Crippen LogP contribution in [0.15, 0.2) is 0 Å². The van der Waals surface area contributed by atoms with Crippen LogP contribution in [0.4, 0.5) is 0 Å². The molecule has 3 nitrogen and oxygen atoms in total. The van der Waals surface area contributed by atoms with Crippen LogP contribution >= 0.6 is 0 Å². The summed E-state index contributed by atoms with van der Waals surface area (Å²) in [7, 11) is 4.40. The molecule has 3 heteroatoms. The van der Waals surface area contributed by atoms with Gasteiger partial charge in [-0.3, -0.25) is 0 Å². The molecule has 13 heavy (non-hydrogen) atoms. The Morgan fingerprint density at radius 2 is 2.08 bits per heavy atom. The summed E-state index contributed by atoms with van der Waals surface area (Å²) in [6, 6.07) is 1.03. The first kappa shape index (κ1) is 11.0. The largest absolute Gasteiger partial charge is 0.328 e. The van der Waals surface area contributed by atoms with Crippen molar-refractivity contribution in [1.29, 1.82) is 0 Å². The summed E-state index contributed by atoms with van der Waals surface area (Å²) < 4.78 is 0. The first-order valence-electron chi connectivity index (χ1n) is 5.27. The lowest BCUT2D eigenvalue weighted by Crippen LogP contribution is -2.51. The van der Waals surface area contributed by atoms with Crippen LogP contribution in [-0.2, 0) is 0 Å². The Hall–Kier alpha value is -0.120. The molecule has 0 radical (unpaired) electrons. The van der Waals surface area contributed by atoms with E-state index in [1.54, 1.807) is 0 Å². The van der Waals surface area contributed by atoms with Gasteiger partial charge in [-0.1, -0.05) is 6.92 Å². The van der Waals surface area contributed by atoms with Gasteiger partial charge in [0.05, 0.1) is 0 Å². The molecular formula is C10H23N3. The van der Waals surface area contributed by atoms with Crippen LogP contribution in [-0.4, -0.2) is 55.6 Å². The fourth-order valence-electron chi connectivity index (χ4n) is 1.87. The van der Waals surface area contributed by atoms with Gasteiger partial charge in [0, 0.05) is 31.7 Å². The molecule has 0 spiro atoms. The zero-order valence-corrected chi connectivity index (χ0v) is 9.16. The van der Waals surface area contributed by atoms with Crippen LogP contribution < -0.4 is 5.73 Å². The Balaban J connectivity index is 2.37. The van der Waals surface area contributed by atoms with Crippen LogP contribution in [0.1, 0.15) is 19.8 Å². The first-order chi connectivity index (χ1) is 6.13. The van der Waals surface area contributed by atoms with Crippen molar-refractivity contribution in [2.45, 2.75) is 31.8 Å². The highest BCUT2D eigenvalue weighted by Gasteiger charge is 2.23. The number of rotatable bonds is 3. The maximum atomic E-state index is 5.97. The van der Waals surface area contributed by atoms with Crippen LogP contribution in [0.25, 0.3) is 0 Å². The third-order valence-corrected chi connectivity index (χ3v) is 3.08. The third-order valence-electron chi connectivity index (χ3n) is 3.08. The average Bonchev–Trinajstić information content (AvgIpc) is 2.11. The Kier molecular flexibility index (Phi) is 4.16. The molecular weight excluding hydrogens is 162 g/mol. The molecule has 0 amide bonds. The standard InChI is InChI=1S/C10H23N3/c1-4-9(11)7-10-8-12(2)5-6-13(10)3/h9-10H,4-8,11H2,1-3H3/t9-,10?/m0/s1. The second-order valence-corrected chi connectivity index (χ2v) is 4.30. The Morgan fingerprint density at radius 1 is 1.38 bits per heavy atom. The number of hydrogen-bond donors (Lipinski definition) is 1. The van der Waals surface area contributed by atoms with Crippen LogP contribution in [0.5, 0.6) is 0 Å². The summed E-state index contributed by atoms with van der Waals surface area (Å²) in [6.45, 7) is 5.70. The van der Waals surface area contributed by atoms with Crippen molar-refractivity contribution in [2.75, 3.05) is 33.7 Å². The Bertz CT molecular complexity index is 149. The fraction of sp³-hybridized carbons (Fsp3) is 1.00. The molecule has 1 fully saturated rings. The summed E-state index contributed by atoms with van der Waals surface area (Å²) in [6.07, 6.45) is 2.23. The maximum absolute atomic E-state index is 5.97. The maximum Gasteiger partial charge on any atom is 0.0235 e. The van der Waals surface area contributed by atoms with Crippen molar-refractivity contribution in [2.24, 2.45) is 5.73 Å². The molecule has 0 aliphatic carbocycles. The number of piperazine rings is 1. The minimum atomic E-state index is 0.374. The van der Waals surface area contributed by atoms with Crippen LogP contribution in [0.2, 0.25) is 0 Å². The average molecular weight is 185 g/mol. The quantitative estimate of drug-likeness (QED) is 0.689. The molecule has 2 atom stereocenters. The second-order valence-electron chi connectivity index (χ2n) is 4.30. The highest BCUT2D eigenvalue weighted by Crippen LogP contribution is 2.11. The van der Waals surface area contributed by atoms with Crippen molar-refractivity contribution >= 4 is 0 Å². The molecule has 1 rings (SSSR count). The van der Waals surface area contributed by atoms with Crippen molar-refractivity contribution in [3.63, 3.8) is 0 Å². The number of nitrogens with zero attached hydrogens (tertiary/aromatic N) is 2. The molecule has 0 bridgehead atoms. The SMILES string of the molecule is CC[C@H](N)CC1CN(C)CCN1C. The van der Waals surface area contributed by atoms with Crippen molar-refractivity contribution in [3.8, 4) is 0 Å². The zero-order chi connectivity index (χ0) is 9.84. The molecule has 1 unspecified atom stereocenters. The van der Waals surface area contributed by atoms with E-state index in [2.05, 4.69) is 30.8 Å². The van der Waals surface area contributed by atoms with E-state index in [1.165, 1.54) is 19.6 Å². The molecule has 1 aliphatic heterocycles. The summed E-state index contributed by atoms with van der Waals surface area (Å²) in [5.74, 6) is 0. The number of nitrogens with two attached hydrogens (primary N) is 1. The van der Waals surface area contributed by atoms with Crippen molar-refractivity contribution < 1.29 is 0 Å². The van der Waals surface area contributed by atoms with E-state index in [0.29, 0.717) is 12.1 Å². The minimum absolute atomic E-state index is 0.374. The summed E-state index contributed by atoms with van der Waals surface area (Å²) in [4.78, 5) is 4.84. The molecule has 0 aromatic rings. The van der Waals surface area contributed by atoms with E-state index in [4.69, 9.17) is 5.73 Å². The Morgan fingerprint density at radius 3 is 2.69 bits per heavy atom. The molecule has 1 saturated heterocycles. The van der Waals surface area contributed by atoms with E-state index >= 15 is 0 Å². The van der Waals surface area contributed by atoms with Crippen LogP contribution in [0, 0.1) is 0 Å². The molecule has 0 saturated carbocycles. The van der Waals surface area contributed by atoms with Crippen LogP contribution in [0.3, 0.4) is 0 Å². The van der Waals surface area contributed by atoms with E-state index in [1.807, 2.05) is 0 Å². The fourth-order valence-corrected chi connectivity index (χ4v) is 1.87. The molecule has 0 aromatic carbocycles. The number of likely N-dealkylation sites (N-methyl/N-ethyl adjacent to an activating group) is 2. The van der Waals surface area contributed by atoms with Gasteiger partial charge >= 0.3 is 0 Å². The molecule has 0 aromatic heterocycles. The van der Waals surface area contributed by atoms with Gasteiger partial charge in [-0.05, 0) is 26.9 Å². The molecule has 1 heterocycles. The minimum Gasteiger partial charge on any atom is -0.328 e. The van der Waals surface area contributed by atoms with Gasteiger partial charge in [0.1, 0.15) is 0 Å². The zero-order valence-electron chi connectivity index (χ0n) is 9.16. The Labute approximate surface area is 81.9 Å². The van der Waals surface area contributed by atoms with Gasteiger partial charge in [0.2, 0.25) is 0 Å². The summed E-state index contributed by atoms with van der Waals surface area (Å²) in [5, 5.41) is 0. The van der Waals surface area contributed by atoms with Gasteiger partial charge in [0.15, 0.2) is 0 Å². The normalized spacial score (nSPS) is 29.1. The summed E-state index contributed by atoms with van der Waals surface area (Å²) >= 11 is 0. The topological polar surface area (TPSA) is 32.5 Å². The third kappa shape index (κ3) is 3.25. The van der Waals surface area contributed by atoms with E-state index in [0.717, 1.165) is 12.8 Å². The lowest BCUT2D eigenvalue weighted by atomic mass is 10.0. The van der Waals surface area contributed by atoms with E-state index in [9.17, 15) is 0 Å². The number of hydrogen-bond acceptors (Lipinski definition) is 3. The predicted molar refractivity (Wildman–Crippen MR) is 56.8 cm³/mol. The lowest BCUT2D eigenvalue weighted by Gasteiger charge is -2.38. The van der Waals surface area contributed by atoms with E-state index in [-0.39, 0.29) is 0 Å². The lowest BCUT2D eigenvalue weighted by molar-refractivity contribution is 0.104. The van der Waals surface area contributed by atoms with Gasteiger partial charge < -0.3 is 15.5 Å². The molecule has 1 aliphatic rings. The van der Waals surface area contributed by atoms with Crippen molar-refractivity contribution in [1.82, 2.24) is 9.80 Å².